The van der Waals surface area contributed by atoms with Crippen LogP contribution in [-0.4, -0.2) is 31.1 Å². The number of aryl methyl sites for hydroxylation is 1. The zero-order valence-corrected chi connectivity index (χ0v) is 16.7. The number of aromatic nitrogens is 4. The van der Waals surface area contributed by atoms with Crippen LogP contribution in [0.1, 0.15) is 39.2 Å². The highest BCUT2D eigenvalue weighted by atomic mass is 19.1. The third-order valence-electron chi connectivity index (χ3n) is 5.43. The molecule has 1 aliphatic rings. The molecule has 0 spiro atoms. The number of hydrogen-bond donors (Lipinski definition) is 1. The van der Waals surface area contributed by atoms with Gasteiger partial charge in [0.15, 0.2) is 0 Å². The van der Waals surface area contributed by atoms with E-state index in [0.29, 0.717) is 23.6 Å². The molecule has 0 fully saturated rings. The maximum atomic E-state index is 15.1. The zero-order valence-electron chi connectivity index (χ0n) is 16.7. The number of aliphatic imine (C=N–C) groups is 1. The highest BCUT2D eigenvalue weighted by Gasteiger charge is 2.32. The van der Waals surface area contributed by atoms with Crippen molar-refractivity contribution in [3.8, 4) is 11.4 Å². The molecule has 2 N–H and O–H groups in total. The summed E-state index contributed by atoms with van der Waals surface area (Å²) in [5.74, 6) is -0.0634. The van der Waals surface area contributed by atoms with Crippen LogP contribution < -0.4 is 5.73 Å². The molecule has 1 unspecified atom stereocenters. The lowest BCUT2D eigenvalue weighted by Crippen LogP contribution is -2.21. The molecule has 0 saturated heterocycles. The second-order valence-electron chi connectivity index (χ2n) is 7.32. The maximum absolute atomic E-state index is 15.1. The van der Waals surface area contributed by atoms with Gasteiger partial charge < -0.3 is 10.3 Å². The molecule has 1 aliphatic heterocycles. The minimum Gasteiger partial charge on any atom is -0.326 e. The van der Waals surface area contributed by atoms with Crippen molar-refractivity contribution in [1.29, 1.82) is 0 Å². The van der Waals surface area contributed by atoms with Gasteiger partial charge in [-0.05, 0) is 36.8 Å². The van der Waals surface area contributed by atoms with E-state index in [1.807, 2.05) is 31.2 Å². The molecule has 0 bridgehead atoms. The van der Waals surface area contributed by atoms with E-state index in [-0.39, 0.29) is 11.3 Å². The van der Waals surface area contributed by atoms with Gasteiger partial charge in [0.1, 0.15) is 35.4 Å². The topological polar surface area (TPSA) is 91.1 Å². The number of imidazole rings is 2. The normalized spacial score (nSPS) is 15.3. The van der Waals surface area contributed by atoms with Gasteiger partial charge in [-0.2, -0.15) is 0 Å². The number of halogens is 1. The smallest absolute Gasteiger partial charge is 0.210 e. The fourth-order valence-electron chi connectivity index (χ4n) is 3.83. The predicted octanol–water partition coefficient (Wildman–Crippen LogP) is 3.32. The van der Waals surface area contributed by atoms with Crippen LogP contribution in [0.3, 0.4) is 0 Å². The lowest BCUT2D eigenvalue weighted by molar-refractivity contribution is 0.0952. The number of nitrogens with two attached hydrogens (primary N) is 1. The summed E-state index contributed by atoms with van der Waals surface area (Å²) in [6.45, 7) is 2.22. The number of Topliss-reactive ketones (excluding diaryl/α,β-unsaturated/α-hetero) is 1. The molecule has 2 aromatic carbocycles. The van der Waals surface area contributed by atoms with E-state index >= 15 is 4.39 Å². The van der Waals surface area contributed by atoms with Crippen LogP contribution in [0.5, 0.6) is 0 Å². The van der Waals surface area contributed by atoms with Crippen molar-refractivity contribution in [3.63, 3.8) is 0 Å². The third-order valence-corrected chi connectivity index (χ3v) is 5.43. The molecule has 154 valence electrons. The van der Waals surface area contributed by atoms with Crippen LogP contribution in [0.2, 0.25) is 0 Å². The number of benzene rings is 2. The Labute approximate surface area is 177 Å². The highest BCUT2D eigenvalue weighted by molar-refractivity contribution is 6.08. The summed E-state index contributed by atoms with van der Waals surface area (Å²) in [5, 5.41) is 0. The van der Waals surface area contributed by atoms with Gasteiger partial charge >= 0.3 is 0 Å². The number of carbonyl (C=O) groups is 1. The lowest BCUT2D eigenvalue weighted by Gasteiger charge is -2.19. The molecule has 31 heavy (non-hydrogen) atoms. The van der Waals surface area contributed by atoms with Gasteiger partial charge in [0.05, 0.1) is 6.21 Å². The average molecular weight is 414 g/mol. The van der Waals surface area contributed by atoms with Crippen LogP contribution in [0.25, 0.3) is 11.4 Å². The van der Waals surface area contributed by atoms with E-state index in [9.17, 15) is 4.79 Å². The summed E-state index contributed by atoms with van der Waals surface area (Å²) in [6, 6.07) is 11.3. The van der Waals surface area contributed by atoms with E-state index in [2.05, 4.69) is 15.0 Å². The molecule has 0 saturated carbocycles. The molecule has 7 nitrogen and oxygen atoms in total. The van der Waals surface area contributed by atoms with Gasteiger partial charge in [-0.1, -0.05) is 18.2 Å². The predicted molar refractivity (Wildman–Crippen MR) is 114 cm³/mol. The molecule has 0 amide bonds. The first kappa shape index (κ1) is 19.1. The first-order chi connectivity index (χ1) is 15.1. The summed E-state index contributed by atoms with van der Waals surface area (Å²) in [7, 11) is 0. The number of nitrogens with zero attached hydrogens (tertiary/aromatic N) is 5. The molecular formula is C23H19FN6O. The van der Waals surface area contributed by atoms with Crippen LogP contribution in [-0.2, 0) is 6.54 Å². The molecule has 3 heterocycles. The minimum absolute atomic E-state index is 0.219. The van der Waals surface area contributed by atoms with Gasteiger partial charge in [0.25, 0.3) is 0 Å². The van der Waals surface area contributed by atoms with Crippen molar-refractivity contribution in [2.75, 3.05) is 0 Å². The Balaban J connectivity index is 1.53. The fraction of sp³-hybridized carbons (Fsp3) is 0.130. The number of ketones is 1. The molecule has 4 aromatic rings. The van der Waals surface area contributed by atoms with Gasteiger partial charge in [-0.3, -0.25) is 14.4 Å². The van der Waals surface area contributed by atoms with E-state index in [1.54, 1.807) is 40.0 Å². The maximum Gasteiger partial charge on any atom is 0.210 e. The quantitative estimate of drug-likeness (QED) is 0.555. The third kappa shape index (κ3) is 3.17. The van der Waals surface area contributed by atoms with Crippen molar-refractivity contribution >= 4 is 12.0 Å². The SMILES string of the molecule is Cc1nccn1-c1ccc(C2N=Cc3ncn(-c4cccc(CN)c4)c3C2=O)c(F)c1. The monoisotopic (exact) mass is 414 g/mol. The Kier molecular flexibility index (Phi) is 4.56. The van der Waals surface area contributed by atoms with E-state index in [0.717, 1.165) is 17.1 Å². The van der Waals surface area contributed by atoms with E-state index < -0.39 is 11.9 Å². The van der Waals surface area contributed by atoms with Crippen molar-refractivity contribution in [2.45, 2.75) is 19.5 Å². The molecule has 0 radical (unpaired) electrons. The standard InChI is InChI=1S/C23H19FN6O/c1-14-26-7-8-29(14)17-5-6-18(19(24)10-17)21-23(31)22-20(12-27-21)28-13-30(22)16-4-2-3-15(9-16)11-25/h2-10,12-13,21H,11,25H2,1H3. The second kappa shape index (κ2) is 7.41. The van der Waals surface area contributed by atoms with Gasteiger partial charge in [0.2, 0.25) is 5.78 Å². The van der Waals surface area contributed by atoms with Gasteiger partial charge in [-0.25, -0.2) is 14.4 Å². The fourth-order valence-corrected chi connectivity index (χ4v) is 3.83. The number of hydrogen-bond acceptors (Lipinski definition) is 5. The van der Waals surface area contributed by atoms with Crippen LogP contribution >= 0.6 is 0 Å². The van der Waals surface area contributed by atoms with Crippen molar-refractivity contribution in [2.24, 2.45) is 10.7 Å². The van der Waals surface area contributed by atoms with Crippen LogP contribution in [0.15, 0.2) is 66.2 Å². The minimum atomic E-state index is -0.974. The largest absolute Gasteiger partial charge is 0.326 e. The van der Waals surface area contributed by atoms with Gasteiger partial charge in [-0.15, -0.1) is 0 Å². The molecule has 8 heteroatoms. The van der Waals surface area contributed by atoms with Gasteiger partial charge in [0, 0.05) is 35.9 Å². The molecule has 2 aromatic heterocycles. The van der Waals surface area contributed by atoms with Crippen molar-refractivity contribution in [1.82, 2.24) is 19.1 Å². The summed E-state index contributed by atoms with van der Waals surface area (Å²) >= 11 is 0. The first-order valence-corrected chi connectivity index (χ1v) is 9.80. The lowest BCUT2D eigenvalue weighted by atomic mass is 9.97. The molecule has 5 rings (SSSR count). The van der Waals surface area contributed by atoms with E-state index in [4.69, 9.17) is 5.73 Å². The first-order valence-electron chi connectivity index (χ1n) is 9.80. The van der Waals surface area contributed by atoms with Crippen molar-refractivity contribution in [3.05, 3.63) is 95.3 Å². The summed E-state index contributed by atoms with van der Waals surface area (Å²) in [5.41, 5.74) is 9.15. The van der Waals surface area contributed by atoms with Crippen LogP contribution in [0.4, 0.5) is 4.39 Å². The number of rotatable bonds is 4. The molecular weight excluding hydrogens is 395 g/mol. The average Bonchev–Trinajstić information content (AvgIpc) is 3.41. The summed E-state index contributed by atoms with van der Waals surface area (Å²) < 4.78 is 18.5. The Hall–Kier alpha value is -3.91. The number of carbonyl (C=O) groups excluding carboxylic acids is 1. The van der Waals surface area contributed by atoms with Crippen LogP contribution in [0, 0.1) is 12.7 Å². The zero-order chi connectivity index (χ0) is 21.5. The summed E-state index contributed by atoms with van der Waals surface area (Å²) in [6.07, 6.45) is 6.51. The van der Waals surface area contributed by atoms with Crippen molar-refractivity contribution < 1.29 is 9.18 Å². The Bertz CT molecular complexity index is 1340. The van der Waals surface area contributed by atoms with E-state index in [1.165, 1.54) is 12.3 Å². The number of fused-ring (bicyclic) bond motifs is 1. The Morgan fingerprint density at radius 1 is 1.10 bits per heavy atom. The Morgan fingerprint density at radius 2 is 1.94 bits per heavy atom. The molecule has 0 aliphatic carbocycles. The Morgan fingerprint density at radius 3 is 2.68 bits per heavy atom. The highest BCUT2D eigenvalue weighted by Crippen LogP contribution is 2.31. The summed E-state index contributed by atoms with van der Waals surface area (Å²) in [4.78, 5) is 26.1. The second-order valence-corrected chi connectivity index (χ2v) is 7.32. The molecule has 1 atom stereocenters.